The Hall–Kier alpha value is -2.04. The van der Waals surface area contributed by atoms with Crippen LogP contribution in [0.4, 0.5) is 0 Å². The topological polar surface area (TPSA) is 112 Å². The number of sulfonamides is 1. The Morgan fingerprint density at radius 3 is 2.73 bits per heavy atom. The van der Waals surface area contributed by atoms with E-state index >= 15 is 0 Å². The predicted molar refractivity (Wildman–Crippen MR) is 111 cm³/mol. The molecular formula is C20H29N5O4S. The lowest BCUT2D eigenvalue weighted by atomic mass is 10.0. The molecule has 1 aromatic rings. The number of pyridine rings is 1. The lowest BCUT2D eigenvalue weighted by Gasteiger charge is -2.42. The number of amides is 2. The summed E-state index contributed by atoms with van der Waals surface area (Å²) in [4.78, 5) is 33.8. The van der Waals surface area contributed by atoms with Gasteiger partial charge in [-0.2, -0.15) is 0 Å². The van der Waals surface area contributed by atoms with Crippen LogP contribution in [0.15, 0.2) is 18.3 Å². The molecule has 0 radical (unpaired) electrons. The van der Waals surface area contributed by atoms with Crippen molar-refractivity contribution in [3.05, 3.63) is 29.6 Å². The fraction of sp³-hybridized carbons (Fsp3) is 0.650. The van der Waals surface area contributed by atoms with Gasteiger partial charge in [-0.05, 0) is 37.8 Å². The number of hydrogen-bond donors (Lipinski definition) is 2. The van der Waals surface area contributed by atoms with Crippen LogP contribution in [0.5, 0.6) is 0 Å². The maximum Gasteiger partial charge on any atom is 0.242 e. The molecule has 0 spiro atoms. The molecule has 0 bridgehead atoms. The van der Waals surface area contributed by atoms with Crippen LogP contribution in [0.1, 0.15) is 30.5 Å². The maximum atomic E-state index is 13.3. The second-order valence-corrected chi connectivity index (χ2v) is 10.5. The number of fused-ring (bicyclic) bond motifs is 1. The van der Waals surface area contributed by atoms with Gasteiger partial charge in [0.25, 0.3) is 0 Å². The molecule has 2 N–H and O–H groups in total. The SMILES string of the molecule is Cc1cccnc1CN1C[C@@H]2C[C@H](NS(C)(=O)=O)CN2C(=O)[C@@H]1CNC(=O)C1CC1. The first-order valence-electron chi connectivity index (χ1n) is 10.4. The van der Waals surface area contributed by atoms with Crippen LogP contribution in [-0.2, 0) is 26.2 Å². The van der Waals surface area contributed by atoms with Crippen LogP contribution in [0.3, 0.4) is 0 Å². The highest BCUT2D eigenvalue weighted by atomic mass is 32.2. The van der Waals surface area contributed by atoms with Gasteiger partial charge < -0.3 is 10.2 Å². The van der Waals surface area contributed by atoms with Crippen molar-refractivity contribution in [1.29, 1.82) is 0 Å². The molecule has 3 heterocycles. The summed E-state index contributed by atoms with van der Waals surface area (Å²) in [7, 11) is -3.34. The number of nitrogens with zero attached hydrogens (tertiary/aromatic N) is 3. The Morgan fingerprint density at radius 1 is 1.30 bits per heavy atom. The lowest BCUT2D eigenvalue weighted by Crippen LogP contribution is -2.62. The van der Waals surface area contributed by atoms with Crippen LogP contribution in [0.25, 0.3) is 0 Å². The van der Waals surface area contributed by atoms with Crippen LogP contribution in [0, 0.1) is 12.8 Å². The van der Waals surface area contributed by atoms with E-state index in [0.29, 0.717) is 26.1 Å². The smallest absolute Gasteiger partial charge is 0.242 e. The molecule has 9 nitrogen and oxygen atoms in total. The van der Waals surface area contributed by atoms with E-state index in [-0.39, 0.29) is 36.4 Å². The van der Waals surface area contributed by atoms with Gasteiger partial charge in [0.1, 0.15) is 6.04 Å². The van der Waals surface area contributed by atoms with Gasteiger partial charge in [0.2, 0.25) is 21.8 Å². The molecule has 2 aliphatic heterocycles. The first-order valence-corrected chi connectivity index (χ1v) is 12.3. The van der Waals surface area contributed by atoms with Crippen molar-refractivity contribution in [2.75, 3.05) is 25.9 Å². The molecule has 2 saturated heterocycles. The second kappa shape index (κ2) is 8.24. The van der Waals surface area contributed by atoms with Crippen LogP contribution < -0.4 is 10.0 Å². The Morgan fingerprint density at radius 2 is 2.07 bits per heavy atom. The number of rotatable bonds is 7. The zero-order valence-electron chi connectivity index (χ0n) is 17.4. The minimum Gasteiger partial charge on any atom is -0.354 e. The number of aryl methyl sites for hydroxylation is 1. The number of aromatic nitrogens is 1. The molecule has 10 heteroatoms. The van der Waals surface area contributed by atoms with Gasteiger partial charge in [-0.3, -0.25) is 19.5 Å². The number of carbonyl (C=O) groups is 2. The Labute approximate surface area is 177 Å². The standard InChI is InChI=1S/C20H29N5O4S/c1-13-4-3-7-21-17(13)12-24-11-16-8-15(23-30(2,28)29)10-25(16)20(27)18(24)9-22-19(26)14-5-6-14/h3-4,7,14-16,18,23H,5-6,8-12H2,1-2H3,(H,22,26)/t15-,16-,18-/m0/s1. The quantitative estimate of drug-likeness (QED) is 0.604. The molecule has 30 heavy (non-hydrogen) atoms. The van der Waals surface area contributed by atoms with Gasteiger partial charge in [0.05, 0.1) is 11.9 Å². The zero-order valence-corrected chi connectivity index (χ0v) is 18.2. The second-order valence-electron chi connectivity index (χ2n) is 8.70. The molecule has 1 aliphatic carbocycles. The lowest BCUT2D eigenvalue weighted by molar-refractivity contribution is -0.144. The first-order chi connectivity index (χ1) is 14.2. The highest BCUT2D eigenvalue weighted by Gasteiger charge is 2.46. The fourth-order valence-corrected chi connectivity index (χ4v) is 5.22. The predicted octanol–water partition coefficient (Wildman–Crippen LogP) is -0.381. The van der Waals surface area contributed by atoms with Gasteiger partial charge in [-0.25, -0.2) is 13.1 Å². The number of hydrogen-bond acceptors (Lipinski definition) is 6. The van der Waals surface area contributed by atoms with E-state index in [1.54, 1.807) is 11.1 Å². The van der Waals surface area contributed by atoms with Crippen LogP contribution in [-0.4, -0.2) is 79.0 Å². The average molecular weight is 436 g/mol. The third kappa shape index (κ3) is 4.81. The van der Waals surface area contributed by atoms with Gasteiger partial charge in [0, 0.05) is 50.4 Å². The van der Waals surface area contributed by atoms with E-state index < -0.39 is 16.1 Å². The Bertz CT molecular complexity index is 933. The average Bonchev–Trinajstić information content (AvgIpc) is 3.43. The van der Waals surface area contributed by atoms with Crippen LogP contribution >= 0.6 is 0 Å². The molecule has 3 atom stereocenters. The molecule has 0 aromatic carbocycles. The molecule has 3 aliphatic rings. The number of piperazine rings is 1. The zero-order chi connectivity index (χ0) is 21.5. The number of nitrogens with one attached hydrogen (secondary N) is 2. The molecule has 164 valence electrons. The van der Waals surface area contributed by atoms with E-state index in [9.17, 15) is 18.0 Å². The molecule has 0 unspecified atom stereocenters. The Balaban J connectivity index is 1.52. The first kappa shape index (κ1) is 21.2. The summed E-state index contributed by atoms with van der Waals surface area (Å²) < 4.78 is 25.9. The third-order valence-corrected chi connectivity index (χ3v) is 6.90. The fourth-order valence-electron chi connectivity index (χ4n) is 4.45. The van der Waals surface area contributed by atoms with E-state index in [1.165, 1.54) is 0 Å². The highest BCUT2D eigenvalue weighted by molar-refractivity contribution is 7.88. The van der Waals surface area contributed by atoms with Gasteiger partial charge in [0.15, 0.2) is 0 Å². The summed E-state index contributed by atoms with van der Waals surface area (Å²) in [6.07, 6.45) is 5.28. The van der Waals surface area contributed by atoms with Crippen molar-refractivity contribution in [3.8, 4) is 0 Å². The minimum absolute atomic E-state index is 0.0110. The van der Waals surface area contributed by atoms with Gasteiger partial charge in [-0.1, -0.05) is 6.07 Å². The van der Waals surface area contributed by atoms with Gasteiger partial charge in [-0.15, -0.1) is 0 Å². The summed E-state index contributed by atoms with van der Waals surface area (Å²) in [6, 6.07) is 3.05. The molecule has 1 saturated carbocycles. The molecule has 2 amide bonds. The number of carbonyl (C=O) groups excluding carboxylic acids is 2. The van der Waals surface area contributed by atoms with Crippen LogP contribution in [0.2, 0.25) is 0 Å². The normalized spacial score (nSPS) is 27.2. The monoisotopic (exact) mass is 435 g/mol. The van der Waals surface area contributed by atoms with E-state index in [0.717, 1.165) is 30.4 Å². The maximum absolute atomic E-state index is 13.3. The molecule has 4 rings (SSSR count). The van der Waals surface area contributed by atoms with Crippen molar-refractivity contribution in [3.63, 3.8) is 0 Å². The van der Waals surface area contributed by atoms with Crippen molar-refractivity contribution in [1.82, 2.24) is 24.8 Å². The van der Waals surface area contributed by atoms with Gasteiger partial charge >= 0.3 is 0 Å². The van der Waals surface area contributed by atoms with Crippen molar-refractivity contribution in [2.24, 2.45) is 5.92 Å². The largest absolute Gasteiger partial charge is 0.354 e. The molecular weight excluding hydrogens is 406 g/mol. The summed E-state index contributed by atoms with van der Waals surface area (Å²) in [5.74, 6) is 0.0312. The summed E-state index contributed by atoms with van der Waals surface area (Å²) in [6.45, 7) is 3.74. The third-order valence-electron chi connectivity index (χ3n) is 6.14. The molecule has 3 fully saturated rings. The highest BCUT2D eigenvalue weighted by Crippen LogP contribution is 2.30. The Kier molecular flexibility index (Phi) is 5.82. The molecule has 1 aromatic heterocycles. The van der Waals surface area contributed by atoms with E-state index in [1.807, 2.05) is 19.1 Å². The summed E-state index contributed by atoms with van der Waals surface area (Å²) in [5, 5.41) is 2.94. The van der Waals surface area contributed by atoms with E-state index in [2.05, 4.69) is 19.9 Å². The van der Waals surface area contributed by atoms with Crippen molar-refractivity contribution >= 4 is 21.8 Å². The minimum atomic E-state index is -3.34. The van der Waals surface area contributed by atoms with E-state index in [4.69, 9.17) is 0 Å². The summed E-state index contributed by atoms with van der Waals surface area (Å²) >= 11 is 0. The van der Waals surface area contributed by atoms with Crippen molar-refractivity contribution < 1.29 is 18.0 Å². The van der Waals surface area contributed by atoms with Crippen molar-refractivity contribution in [2.45, 2.75) is 50.9 Å². The summed E-state index contributed by atoms with van der Waals surface area (Å²) in [5.41, 5.74) is 1.96.